The van der Waals surface area contributed by atoms with Crippen LogP contribution in [0.25, 0.3) is 10.9 Å². The number of aryl methyl sites for hydroxylation is 1. The summed E-state index contributed by atoms with van der Waals surface area (Å²) >= 11 is 6.17. The zero-order chi connectivity index (χ0) is 19.4. The molecule has 3 rings (SSSR count). The number of ether oxygens (including phenoxy) is 2. The molecule has 1 aromatic heterocycles. The van der Waals surface area contributed by atoms with Crippen LogP contribution in [0.1, 0.15) is 12.0 Å². The maximum Gasteiger partial charge on any atom is 0.224 e. The quantitative estimate of drug-likeness (QED) is 0.619. The first-order chi connectivity index (χ1) is 13.0. The smallest absolute Gasteiger partial charge is 0.224 e. The first-order valence-electron chi connectivity index (χ1n) is 8.59. The van der Waals surface area contributed by atoms with Gasteiger partial charge in [-0.05, 0) is 29.8 Å². The Labute approximate surface area is 163 Å². The van der Waals surface area contributed by atoms with Gasteiger partial charge in [-0.25, -0.2) is 0 Å². The molecule has 0 radical (unpaired) electrons. The molecule has 3 aromatic rings. The van der Waals surface area contributed by atoms with Gasteiger partial charge in [-0.15, -0.1) is 0 Å². The van der Waals surface area contributed by atoms with E-state index >= 15 is 0 Å². The van der Waals surface area contributed by atoms with Crippen LogP contribution in [0.5, 0.6) is 11.5 Å². The van der Waals surface area contributed by atoms with Crippen molar-refractivity contribution >= 4 is 28.4 Å². The number of carbonyl (C=O) groups is 1. The maximum atomic E-state index is 12.5. The fraction of sp³-hybridized carbons (Fsp3) is 0.300. The van der Waals surface area contributed by atoms with Crippen molar-refractivity contribution in [2.75, 3.05) is 21.3 Å². The molecule has 0 aliphatic carbocycles. The molecule has 1 amide bonds. The highest BCUT2D eigenvalue weighted by molar-refractivity contribution is 6.34. The van der Waals surface area contributed by atoms with Crippen molar-refractivity contribution < 1.29 is 14.3 Å². The summed E-state index contributed by atoms with van der Waals surface area (Å²) in [5, 5.41) is 5.68. The molecule has 0 bridgehead atoms. The lowest BCUT2D eigenvalue weighted by molar-refractivity contribution is -0.130. The number of hydrogen-bond donors (Lipinski definition) is 0. The Bertz CT molecular complexity index is 955. The summed E-state index contributed by atoms with van der Waals surface area (Å²) in [5.41, 5.74) is 1.90. The fourth-order valence-corrected chi connectivity index (χ4v) is 3.24. The predicted molar refractivity (Wildman–Crippen MR) is 105 cm³/mol. The van der Waals surface area contributed by atoms with Crippen molar-refractivity contribution in [2.24, 2.45) is 0 Å². The molecule has 0 aliphatic rings. The van der Waals surface area contributed by atoms with Gasteiger partial charge in [0, 0.05) is 25.4 Å². The molecule has 6 nitrogen and oxygen atoms in total. The van der Waals surface area contributed by atoms with Gasteiger partial charge < -0.3 is 14.4 Å². The second-order valence-corrected chi connectivity index (χ2v) is 6.58. The molecule has 142 valence electrons. The van der Waals surface area contributed by atoms with Crippen LogP contribution in [-0.4, -0.2) is 41.9 Å². The van der Waals surface area contributed by atoms with Crippen LogP contribution >= 0.6 is 11.6 Å². The molecular weight excluding hydrogens is 366 g/mol. The van der Waals surface area contributed by atoms with Gasteiger partial charge >= 0.3 is 0 Å². The molecule has 0 unspecified atom stereocenters. The summed E-state index contributed by atoms with van der Waals surface area (Å²) < 4.78 is 12.3. The Morgan fingerprint density at radius 2 is 1.89 bits per heavy atom. The van der Waals surface area contributed by atoms with E-state index in [9.17, 15) is 4.79 Å². The van der Waals surface area contributed by atoms with E-state index in [1.165, 1.54) is 0 Å². The zero-order valence-electron chi connectivity index (χ0n) is 15.6. The van der Waals surface area contributed by atoms with Crippen molar-refractivity contribution in [1.82, 2.24) is 14.7 Å². The van der Waals surface area contributed by atoms with Gasteiger partial charge in [-0.2, -0.15) is 5.10 Å². The Hall–Kier alpha value is -2.73. The number of amides is 1. The van der Waals surface area contributed by atoms with Crippen molar-refractivity contribution in [3.63, 3.8) is 0 Å². The van der Waals surface area contributed by atoms with Gasteiger partial charge in [-0.3, -0.25) is 9.48 Å². The molecule has 27 heavy (non-hydrogen) atoms. The highest BCUT2D eigenvalue weighted by Gasteiger charge is 2.14. The summed E-state index contributed by atoms with van der Waals surface area (Å²) in [6.07, 6.45) is 0.339. The number of fused-ring (bicyclic) bond motifs is 1. The number of para-hydroxylation sites is 1. The SMILES string of the molecule is COc1ccc(CN(C)C(=O)CCn2nc(Cl)c3ccccc32)cc1OC. The van der Waals surface area contributed by atoms with Crippen molar-refractivity contribution in [1.29, 1.82) is 0 Å². The normalized spacial score (nSPS) is 10.8. The van der Waals surface area contributed by atoms with E-state index in [-0.39, 0.29) is 5.91 Å². The van der Waals surface area contributed by atoms with E-state index in [1.54, 1.807) is 30.8 Å². The lowest BCUT2D eigenvalue weighted by Gasteiger charge is -2.18. The van der Waals surface area contributed by atoms with Crippen molar-refractivity contribution in [3.8, 4) is 11.5 Å². The van der Waals surface area contributed by atoms with E-state index in [1.807, 2.05) is 42.5 Å². The van der Waals surface area contributed by atoms with Crippen LogP contribution in [0.3, 0.4) is 0 Å². The molecular formula is C20H22ClN3O3. The molecule has 7 heteroatoms. The standard InChI is InChI=1S/C20H22ClN3O3/c1-23(13-14-8-9-17(26-2)18(12-14)27-3)19(25)10-11-24-16-7-5-4-6-15(16)20(21)22-24/h4-9,12H,10-11,13H2,1-3H3. The number of methoxy groups -OCH3 is 2. The van der Waals surface area contributed by atoms with Crippen LogP contribution in [-0.2, 0) is 17.9 Å². The van der Waals surface area contributed by atoms with Gasteiger partial charge in [0.2, 0.25) is 5.91 Å². The number of nitrogens with zero attached hydrogens (tertiary/aromatic N) is 3. The number of hydrogen-bond acceptors (Lipinski definition) is 4. The monoisotopic (exact) mass is 387 g/mol. The van der Waals surface area contributed by atoms with Crippen LogP contribution in [0.4, 0.5) is 0 Å². The zero-order valence-corrected chi connectivity index (χ0v) is 16.4. The molecule has 0 saturated heterocycles. The van der Waals surface area contributed by atoms with E-state index in [0.29, 0.717) is 36.2 Å². The maximum absolute atomic E-state index is 12.5. The van der Waals surface area contributed by atoms with Crippen molar-refractivity contribution in [2.45, 2.75) is 19.5 Å². The van der Waals surface area contributed by atoms with Gasteiger partial charge in [0.25, 0.3) is 0 Å². The number of rotatable bonds is 7. The predicted octanol–water partition coefficient (Wildman–Crippen LogP) is 3.76. The number of benzene rings is 2. The Morgan fingerprint density at radius 1 is 1.15 bits per heavy atom. The lowest BCUT2D eigenvalue weighted by atomic mass is 10.2. The highest BCUT2D eigenvalue weighted by atomic mass is 35.5. The van der Waals surface area contributed by atoms with E-state index in [4.69, 9.17) is 21.1 Å². The minimum Gasteiger partial charge on any atom is -0.493 e. The Kier molecular flexibility index (Phi) is 5.86. The average Bonchev–Trinajstić information content (AvgIpc) is 3.02. The van der Waals surface area contributed by atoms with Gasteiger partial charge in [0.15, 0.2) is 16.7 Å². The third kappa shape index (κ3) is 4.17. The average molecular weight is 388 g/mol. The second-order valence-electron chi connectivity index (χ2n) is 6.22. The lowest BCUT2D eigenvalue weighted by Crippen LogP contribution is -2.27. The summed E-state index contributed by atoms with van der Waals surface area (Å²) in [5.74, 6) is 1.34. The summed E-state index contributed by atoms with van der Waals surface area (Å²) in [4.78, 5) is 14.2. The Morgan fingerprint density at radius 3 is 2.63 bits per heavy atom. The molecule has 0 fully saturated rings. The molecule has 0 spiro atoms. The molecule has 2 aromatic carbocycles. The van der Waals surface area contributed by atoms with Crippen LogP contribution in [0.15, 0.2) is 42.5 Å². The van der Waals surface area contributed by atoms with Crippen LogP contribution < -0.4 is 9.47 Å². The number of aromatic nitrogens is 2. The molecule has 0 atom stereocenters. The van der Waals surface area contributed by atoms with Gasteiger partial charge in [-0.1, -0.05) is 29.8 Å². The molecule has 0 N–H and O–H groups in total. The number of halogens is 1. The molecule has 0 saturated carbocycles. The Balaban J connectivity index is 1.64. The third-order valence-electron chi connectivity index (χ3n) is 4.44. The first-order valence-corrected chi connectivity index (χ1v) is 8.97. The summed E-state index contributed by atoms with van der Waals surface area (Å²) in [7, 11) is 4.97. The summed E-state index contributed by atoms with van der Waals surface area (Å²) in [6, 6.07) is 13.4. The van der Waals surface area contributed by atoms with Gasteiger partial charge in [0.1, 0.15) is 0 Å². The van der Waals surface area contributed by atoms with Crippen LogP contribution in [0, 0.1) is 0 Å². The minimum absolute atomic E-state index is 0.0282. The topological polar surface area (TPSA) is 56.6 Å². The molecule has 1 heterocycles. The van der Waals surface area contributed by atoms with E-state index in [2.05, 4.69) is 5.10 Å². The van der Waals surface area contributed by atoms with Crippen LogP contribution in [0.2, 0.25) is 5.15 Å². The van der Waals surface area contributed by atoms with E-state index < -0.39 is 0 Å². The van der Waals surface area contributed by atoms with E-state index in [0.717, 1.165) is 16.5 Å². The minimum atomic E-state index is 0.0282. The third-order valence-corrected chi connectivity index (χ3v) is 4.72. The number of carbonyl (C=O) groups excluding carboxylic acids is 1. The molecule has 0 aliphatic heterocycles. The first kappa shape index (κ1) is 19.0. The largest absolute Gasteiger partial charge is 0.493 e. The second kappa shape index (κ2) is 8.31. The highest BCUT2D eigenvalue weighted by Crippen LogP contribution is 2.28. The fourth-order valence-electron chi connectivity index (χ4n) is 2.99. The summed E-state index contributed by atoms with van der Waals surface area (Å²) in [6.45, 7) is 0.960. The van der Waals surface area contributed by atoms with Crippen molar-refractivity contribution in [3.05, 3.63) is 53.2 Å². The van der Waals surface area contributed by atoms with Gasteiger partial charge in [0.05, 0.1) is 26.3 Å².